The summed E-state index contributed by atoms with van der Waals surface area (Å²) in [6.07, 6.45) is 8.63. The van der Waals surface area contributed by atoms with E-state index in [1.54, 1.807) is 0 Å². The molecule has 0 aromatic rings. The molecule has 0 aromatic heterocycles. The first-order chi connectivity index (χ1) is 13.6. The number of ether oxygens (including phenoxy) is 2. The van der Waals surface area contributed by atoms with Gasteiger partial charge in [0.05, 0.1) is 44.9 Å². The topological polar surface area (TPSA) is 100 Å². The number of hydrogen-bond acceptors (Lipinski definition) is 6. The van der Waals surface area contributed by atoms with Crippen LogP contribution in [0.4, 0.5) is 0 Å². The molecule has 3 atom stereocenters. The molecule has 0 bridgehead atoms. The van der Waals surface area contributed by atoms with Gasteiger partial charge < -0.3 is 25.2 Å². The maximum atomic E-state index is 12.3. The van der Waals surface area contributed by atoms with Crippen molar-refractivity contribution in [1.29, 1.82) is 0 Å². The van der Waals surface area contributed by atoms with Gasteiger partial charge in [-0.25, -0.2) is 0 Å². The summed E-state index contributed by atoms with van der Waals surface area (Å²) in [4.78, 5) is 26.6. The summed E-state index contributed by atoms with van der Waals surface area (Å²) >= 11 is 0. The molecule has 1 aliphatic carbocycles. The summed E-state index contributed by atoms with van der Waals surface area (Å²) < 4.78 is 11.1. The Hall–Kier alpha value is -1.48. The molecular formula is C20H33N3O5. The van der Waals surface area contributed by atoms with Gasteiger partial charge in [0.1, 0.15) is 6.10 Å². The molecule has 0 spiro atoms. The van der Waals surface area contributed by atoms with Crippen LogP contribution in [-0.2, 0) is 19.1 Å². The van der Waals surface area contributed by atoms with Gasteiger partial charge in [-0.05, 0) is 12.8 Å². The highest BCUT2D eigenvalue weighted by Gasteiger charge is 2.30. The van der Waals surface area contributed by atoms with E-state index in [0.717, 1.165) is 25.9 Å². The fourth-order valence-electron chi connectivity index (χ4n) is 4.05. The average molecular weight is 396 g/mol. The lowest BCUT2D eigenvalue weighted by molar-refractivity contribution is -0.129. The number of hydrogen-bond donors (Lipinski definition) is 3. The Bertz CT molecular complexity index is 544. The minimum Gasteiger partial charge on any atom is -0.394 e. The Balaban J connectivity index is 1.44. The van der Waals surface area contributed by atoms with Crippen molar-refractivity contribution in [2.24, 2.45) is 0 Å². The number of nitrogens with zero attached hydrogens (tertiary/aromatic N) is 1. The third-order valence-electron chi connectivity index (χ3n) is 5.62. The smallest absolute Gasteiger partial charge is 0.234 e. The monoisotopic (exact) mass is 395 g/mol. The average Bonchev–Trinajstić information content (AvgIpc) is 2.70. The van der Waals surface area contributed by atoms with Crippen LogP contribution in [0.25, 0.3) is 0 Å². The lowest BCUT2D eigenvalue weighted by Crippen LogP contribution is -2.52. The normalized spacial score (nSPS) is 29.4. The van der Waals surface area contributed by atoms with Crippen LogP contribution in [-0.4, -0.2) is 85.6 Å². The third kappa shape index (κ3) is 6.55. The number of aliphatic hydroxyl groups excluding tert-OH is 1. The van der Waals surface area contributed by atoms with Gasteiger partial charge in [0.2, 0.25) is 11.8 Å². The van der Waals surface area contributed by atoms with E-state index in [4.69, 9.17) is 9.47 Å². The number of amides is 2. The summed E-state index contributed by atoms with van der Waals surface area (Å²) in [5.41, 5.74) is 0. The van der Waals surface area contributed by atoms with Gasteiger partial charge in [-0.1, -0.05) is 31.4 Å². The minimum absolute atomic E-state index is 0.0203. The van der Waals surface area contributed by atoms with Crippen LogP contribution in [0.5, 0.6) is 0 Å². The van der Waals surface area contributed by atoms with E-state index in [2.05, 4.69) is 10.6 Å². The molecule has 3 N–H and O–H groups in total. The Morgan fingerprint density at radius 2 is 1.79 bits per heavy atom. The Morgan fingerprint density at radius 1 is 1.04 bits per heavy atom. The largest absolute Gasteiger partial charge is 0.394 e. The third-order valence-corrected chi connectivity index (χ3v) is 5.62. The first-order valence-corrected chi connectivity index (χ1v) is 10.5. The van der Waals surface area contributed by atoms with Gasteiger partial charge in [0, 0.05) is 19.1 Å². The molecule has 3 aliphatic rings. The van der Waals surface area contributed by atoms with Crippen molar-refractivity contribution < 1.29 is 24.2 Å². The Kier molecular flexibility index (Phi) is 8.27. The molecule has 1 saturated heterocycles. The molecule has 3 rings (SSSR count). The van der Waals surface area contributed by atoms with Crippen molar-refractivity contribution in [1.82, 2.24) is 15.5 Å². The van der Waals surface area contributed by atoms with Gasteiger partial charge >= 0.3 is 0 Å². The zero-order valence-corrected chi connectivity index (χ0v) is 16.5. The highest BCUT2D eigenvalue weighted by molar-refractivity contribution is 5.79. The van der Waals surface area contributed by atoms with Gasteiger partial charge in [0.25, 0.3) is 0 Å². The van der Waals surface area contributed by atoms with Crippen LogP contribution in [0, 0.1) is 0 Å². The molecular weight excluding hydrogens is 362 g/mol. The van der Waals surface area contributed by atoms with Crippen molar-refractivity contribution in [2.45, 2.75) is 62.8 Å². The lowest BCUT2D eigenvalue weighted by atomic mass is 9.95. The van der Waals surface area contributed by atoms with Crippen molar-refractivity contribution in [2.75, 3.05) is 39.5 Å². The number of carbonyl (C=O) groups is 2. The Morgan fingerprint density at radius 3 is 2.50 bits per heavy atom. The Labute approximate surface area is 166 Å². The van der Waals surface area contributed by atoms with Crippen molar-refractivity contribution in [3.63, 3.8) is 0 Å². The van der Waals surface area contributed by atoms with E-state index in [9.17, 15) is 14.7 Å². The molecule has 0 aromatic carbocycles. The van der Waals surface area contributed by atoms with Crippen molar-refractivity contribution in [3.05, 3.63) is 12.2 Å². The number of carbonyl (C=O) groups excluding carboxylic acids is 2. The minimum atomic E-state index is -0.550. The van der Waals surface area contributed by atoms with E-state index in [1.807, 2.05) is 17.1 Å². The first-order valence-electron chi connectivity index (χ1n) is 10.5. The van der Waals surface area contributed by atoms with Gasteiger partial charge in [-0.15, -0.1) is 0 Å². The molecule has 28 heavy (non-hydrogen) atoms. The molecule has 0 unspecified atom stereocenters. The summed E-state index contributed by atoms with van der Waals surface area (Å²) in [5, 5.41) is 15.7. The zero-order valence-electron chi connectivity index (χ0n) is 16.5. The van der Waals surface area contributed by atoms with Crippen LogP contribution in [0.15, 0.2) is 12.2 Å². The lowest BCUT2D eigenvalue weighted by Gasteiger charge is -2.33. The maximum absolute atomic E-state index is 12.3. The second-order valence-electron chi connectivity index (χ2n) is 7.87. The first kappa shape index (κ1) is 21.2. The molecule has 8 nitrogen and oxygen atoms in total. The second kappa shape index (κ2) is 10.9. The summed E-state index contributed by atoms with van der Waals surface area (Å²) in [7, 11) is 0. The van der Waals surface area contributed by atoms with E-state index >= 15 is 0 Å². The highest BCUT2D eigenvalue weighted by atomic mass is 16.5. The predicted octanol–water partition coefficient (Wildman–Crippen LogP) is -0.0417. The van der Waals surface area contributed by atoms with E-state index in [-0.39, 0.29) is 37.0 Å². The molecule has 0 radical (unpaired) electrons. The number of aliphatic hydroxyl groups is 1. The second-order valence-corrected chi connectivity index (χ2v) is 7.87. The van der Waals surface area contributed by atoms with Crippen LogP contribution in [0.3, 0.4) is 0 Å². The highest BCUT2D eigenvalue weighted by Crippen LogP contribution is 2.19. The van der Waals surface area contributed by atoms with E-state index < -0.39 is 12.1 Å². The molecule has 1 saturated carbocycles. The van der Waals surface area contributed by atoms with Crippen molar-refractivity contribution >= 4 is 11.8 Å². The molecule has 2 aliphatic heterocycles. The molecule has 8 heteroatoms. The fourth-order valence-corrected chi connectivity index (χ4v) is 4.05. The molecule has 2 amide bonds. The number of rotatable bonds is 7. The van der Waals surface area contributed by atoms with Gasteiger partial charge in [-0.3, -0.25) is 14.5 Å². The van der Waals surface area contributed by atoms with E-state index in [1.165, 1.54) is 19.3 Å². The molecule has 2 fully saturated rings. The SMILES string of the molecule is O=C(C[C@@H]1C=C[C@@H](NC(=O)CN2CCOCC2)[C@H](CO)O1)NC1CCCCC1. The zero-order chi connectivity index (χ0) is 19.8. The summed E-state index contributed by atoms with van der Waals surface area (Å²) in [5.74, 6) is -0.125. The van der Waals surface area contributed by atoms with Gasteiger partial charge in [-0.2, -0.15) is 0 Å². The molecule has 158 valence electrons. The van der Waals surface area contributed by atoms with Crippen LogP contribution in [0.1, 0.15) is 38.5 Å². The van der Waals surface area contributed by atoms with E-state index in [0.29, 0.717) is 19.8 Å². The van der Waals surface area contributed by atoms with Crippen LogP contribution >= 0.6 is 0 Å². The summed E-state index contributed by atoms with van der Waals surface area (Å²) in [6, 6.07) is -0.120. The van der Waals surface area contributed by atoms with Crippen LogP contribution < -0.4 is 10.6 Å². The van der Waals surface area contributed by atoms with Crippen molar-refractivity contribution in [3.8, 4) is 0 Å². The summed E-state index contributed by atoms with van der Waals surface area (Å²) in [6.45, 7) is 2.86. The predicted molar refractivity (Wildman–Crippen MR) is 104 cm³/mol. The number of morpholine rings is 1. The fraction of sp³-hybridized carbons (Fsp3) is 0.800. The molecule has 2 heterocycles. The van der Waals surface area contributed by atoms with Crippen LogP contribution in [0.2, 0.25) is 0 Å². The maximum Gasteiger partial charge on any atom is 0.234 e. The standard InChI is InChI=1S/C20H33N3O5/c24-14-18-17(22-20(26)13-23-8-10-27-11-9-23)7-6-16(28-18)12-19(25)21-15-4-2-1-3-5-15/h6-7,15-18,24H,1-5,8-14H2,(H,21,25)(H,22,26)/t16-,17+,18-/m0/s1. The number of nitrogens with one attached hydrogen (secondary N) is 2. The van der Waals surface area contributed by atoms with Gasteiger partial charge in [0.15, 0.2) is 0 Å². The quantitative estimate of drug-likeness (QED) is 0.523.